The van der Waals surface area contributed by atoms with Crippen molar-refractivity contribution in [2.75, 3.05) is 5.32 Å². The van der Waals surface area contributed by atoms with Crippen LogP contribution in [-0.2, 0) is 0 Å². The van der Waals surface area contributed by atoms with Gasteiger partial charge in [0.05, 0.1) is 5.69 Å². The summed E-state index contributed by atoms with van der Waals surface area (Å²) in [5, 5.41) is 6.36. The van der Waals surface area contributed by atoms with Crippen molar-refractivity contribution in [2.45, 2.75) is 31.7 Å². The Morgan fingerprint density at radius 2 is 2.06 bits per heavy atom. The molecule has 1 aliphatic carbocycles. The van der Waals surface area contributed by atoms with Crippen molar-refractivity contribution >= 4 is 39.2 Å². The third-order valence-electron chi connectivity index (χ3n) is 2.87. The van der Waals surface area contributed by atoms with E-state index in [0.29, 0.717) is 16.8 Å². The molecule has 1 aromatic rings. The van der Waals surface area contributed by atoms with Gasteiger partial charge >= 0.3 is 6.03 Å². The van der Waals surface area contributed by atoms with E-state index in [4.69, 9.17) is 11.6 Å². The van der Waals surface area contributed by atoms with Gasteiger partial charge in [-0.2, -0.15) is 0 Å². The van der Waals surface area contributed by atoms with E-state index in [-0.39, 0.29) is 6.03 Å². The number of anilines is 1. The first kappa shape index (κ1) is 12.7. The molecule has 5 heteroatoms. The van der Waals surface area contributed by atoms with Gasteiger partial charge in [-0.1, -0.05) is 24.4 Å². The number of urea groups is 1. The number of benzene rings is 1. The van der Waals surface area contributed by atoms with E-state index in [0.717, 1.165) is 17.3 Å². The Morgan fingerprint density at radius 1 is 1.35 bits per heavy atom. The maximum atomic E-state index is 11.7. The van der Waals surface area contributed by atoms with Gasteiger partial charge < -0.3 is 10.6 Å². The van der Waals surface area contributed by atoms with Crippen molar-refractivity contribution in [3.8, 4) is 0 Å². The zero-order chi connectivity index (χ0) is 12.3. The Morgan fingerprint density at radius 3 is 2.76 bits per heavy atom. The average Bonchev–Trinajstić information content (AvgIpc) is 2.76. The summed E-state index contributed by atoms with van der Waals surface area (Å²) in [5.41, 5.74) is 0.688. The summed E-state index contributed by atoms with van der Waals surface area (Å²) in [7, 11) is 0. The molecule has 3 nitrogen and oxygen atoms in total. The van der Waals surface area contributed by atoms with E-state index >= 15 is 0 Å². The number of halogens is 2. The van der Waals surface area contributed by atoms with Crippen LogP contribution in [0.15, 0.2) is 22.7 Å². The highest BCUT2D eigenvalue weighted by molar-refractivity contribution is 9.10. The van der Waals surface area contributed by atoms with E-state index in [2.05, 4.69) is 26.6 Å². The minimum absolute atomic E-state index is 0.167. The Labute approximate surface area is 114 Å². The summed E-state index contributed by atoms with van der Waals surface area (Å²) in [4.78, 5) is 11.7. The number of carbonyl (C=O) groups excluding carboxylic acids is 1. The highest BCUT2D eigenvalue weighted by atomic mass is 79.9. The van der Waals surface area contributed by atoms with E-state index in [1.54, 1.807) is 12.1 Å². The van der Waals surface area contributed by atoms with E-state index in [1.165, 1.54) is 12.8 Å². The molecule has 0 heterocycles. The van der Waals surface area contributed by atoms with Gasteiger partial charge in [0.2, 0.25) is 0 Å². The summed E-state index contributed by atoms with van der Waals surface area (Å²) < 4.78 is 0.823. The van der Waals surface area contributed by atoms with Crippen molar-refractivity contribution in [3.63, 3.8) is 0 Å². The van der Waals surface area contributed by atoms with Gasteiger partial charge in [-0.25, -0.2) is 4.79 Å². The minimum atomic E-state index is -0.167. The second-order valence-corrected chi connectivity index (χ2v) is 5.49. The third-order valence-corrected chi connectivity index (χ3v) is 3.79. The zero-order valence-corrected chi connectivity index (χ0v) is 11.6. The fourth-order valence-electron chi connectivity index (χ4n) is 2.01. The van der Waals surface area contributed by atoms with Crippen LogP contribution < -0.4 is 10.6 Å². The van der Waals surface area contributed by atoms with Crippen molar-refractivity contribution in [3.05, 3.63) is 27.7 Å². The number of amides is 2. The molecule has 0 unspecified atom stereocenters. The Kier molecular flexibility index (Phi) is 4.29. The molecule has 0 aromatic heterocycles. The van der Waals surface area contributed by atoms with E-state index in [9.17, 15) is 4.79 Å². The van der Waals surface area contributed by atoms with Crippen LogP contribution in [0.25, 0.3) is 0 Å². The number of rotatable bonds is 2. The lowest BCUT2D eigenvalue weighted by atomic mass is 10.2. The molecule has 0 atom stereocenters. The van der Waals surface area contributed by atoms with Crippen LogP contribution in [0.1, 0.15) is 25.7 Å². The summed E-state index contributed by atoms with van der Waals surface area (Å²) in [6.45, 7) is 0. The van der Waals surface area contributed by atoms with E-state index < -0.39 is 0 Å². The molecule has 0 aliphatic heterocycles. The highest BCUT2D eigenvalue weighted by Crippen LogP contribution is 2.26. The first-order valence-corrected chi connectivity index (χ1v) is 6.85. The number of hydrogen-bond acceptors (Lipinski definition) is 1. The average molecular weight is 318 g/mol. The summed E-state index contributed by atoms with van der Waals surface area (Å²) in [6, 6.07) is 5.45. The topological polar surface area (TPSA) is 41.1 Å². The van der Waals surface area contributed by atoms with Gasteiger partial charge in [0.25, 0.3) is 0 Å². The Hall–Kier alpha value is -0.740. The second-order valence-electron chi connectivity index (χ2n) is 4.20. The molecule has 0 spiro atoms. The van der Waals surface area contributed by atoms with Crippen LogP contribution in [0.5, 0.6) is 0 Å². The summed E-state index contributed by atoms with van der Waals surface area (Å²) in [5.74, 6) is 0. The SMILES string of the molecule is O=C(Nc1cc(Cl)ccc1Br)NC1CCCC1. The molecule has 1 aliphatic rings. The molecule has 1 fully saturated rings. The zero-order valence-electron chi connectivity index (χ0n) is 9.30. The molecule has 2 N–H and O–H groups in total. The van der Waals surface area contributed by atoms with Gasteiger partial charge in [-0.15, -0.1) is 0 Å². The maximum Gasteiger partial charge on any atom is 0.319 e. The molecule has 0 radical (unpaired) electrons. The van der Waals surface area contributed by atoms with Crippen molar-refractivity contribution in [2.24, 2.45) is 0 Å². The normalized spacial score (nSPS) is 15.9. The molecule has 92 valence electrons. The smallest absolute Gasteiger partial charge is 0.319 e. The molecule has 0 saturated heterocycles. The van der Waals surface area contributed by atoms with E-state index in [1.807, 2.05) is 6.07 Å². The summed E-state index contributed by atoms with van der Waals surface area (Å²) in [6.07, 6.45) is 4.55. The lowest BCUT2D eigenvalue weighted by Crippen LogP contribution is -2.36. The van der Waals surface area contributed by atoms with Gasteiger partial charge in [-0.3, -0.25) is 0 Å². The highest BCUT2D eigenvalue weighted by Gasteiger charge is 2.17. The van der Waals surface area contributed by atoms with Gasteiger partial charge in [0, 0.05) is 15.5 Å². The number of nitrogens with one attached hydrogen (secondary N) is 2. The lowest BCUT2D eigenvalue weighted by molar-refractivity contribution is 0.248. The molecule has 1 saturated carbocycles. The van der Waals surface area contributed by atoms with Crippen LogP contribution in [0.3, 0.4) is 0 Å². The first-order chi connectivity index (χ1) is 8.15. The van der Waals surface area contributed by atoms with Crippen molar-refractivity contribution in [1.29, 1.82) is 0 Å². The third kappa shape index (κ3) is 3.61. The van der Waals surface area contributed by atoms with Crippen LogP contribution in [0.2, 0.25) is 5.02 Å². The largest absolute Gasteiger partial charge is 0.335 e. The molecule has 2 rings (SSSR count). The molecule has 0 bridgehead atoms. The van der Waals surface area contributed by atoms with Crippen LogP contribution in [-0.4, -0.2) is 12.1 Å². The van der Waals surface area contributed by atoms with Crippen LogP contribution >= 0.6 is 27.5 Å². The fourth-order valence-corrected chi connectivity index (χ4v) is 2.53. The standard InChI is InChI=1S/C12H14BrClN2O/c13-10-6-5-8(14)7-11(10)16-12(17)15-9-3-1-2-4-9/h5-7,9H,1-4H2,(H2,15,16,17). The number of hydrogen-bond donors (Lipinski definition) is 2. The lowest BCUT2D eigenvalue weighted by Gasteiger charge is -2.13. The first-order valence-electron chi connectivity index (χ1n) is 5.68. The van der Waals surface area contributed by atoms with Gasteiger partial charge in [0.1, 0.15) is 0 Å². The fraction of sp³-hybridized carbons (Fsp3) is 0.417. The predicted molar refractivity (Wildman–Crippen MR) is 73.6 cm³/mol. The molecule has 1 aromatic carbocycles. The van der Waals surface area contributed by atoms with Gasteiger partial charge in [0.15, 0.2) is 0 Å². The monoisotopic (exact) mass is 316 g/mol. The predicted octanol–water partition coefficient (Wildman–Crippen LogP) is 4.17. The van der Waals surface area contributed by atoms with Crippen molar-refractivity contribution < 1.29 is 4.79 Å². The molecular formula is C12H14BrClN2O. The molecular weight excluding hydrogens is 304 g/mol. The quantitative estimate of drug-likeness (QED) is 0.844. The number of carbonyl (C=O) groups is 1. The summed E-state index contributed by atoms with van der Waals surface area (Å²) >= 11 is 9.25. The second kappa shape index (κ2) is 5.74. The Balaban J connectivity index is 1.95. The van der Waals surface area contributed by atoms with Gasteiger partial charge in [-0.05, 0) is 47.0 Å². The van der Waals surface area contributed by atoms with Crippen molar-refractivity contribution in [1.82, 2.24) is 5.32 Å². The molecule has 2 amide bonds. The van der Waals surface area contributed by atoms with Crippen LogP contribution in [0.4, 0.5) is 10.5 Å². The maximum absolute atomic E-state index is 11.7. The molecule has 17 heavy (non-hydrogen) atoms. The van der Waals surface area contributed by atoms with Crippen LogP contribution in [0, 0.1) is 0 Å². The Bertz CT molecular complexity index is 419. The minimum Gasteiger partial charge on any atom is -0.335 e.